The third-order valence-corrected chi connectivity index (χ3v) is 4.72. The molecule has 6 heteroatoms. The van der Waals surface area contributed by atoms with E-state index in [0.29, 0.717) is 32.5 Å². The predicted molar refractivity (Wildman–Crippen MR) is 73.1 cm³/mol. The Balaban J connectivity index is 2.03. The third-order valence-electron chi connectivity index (χ3n) is 4.72. The summed E-state index contributed by atoms with van der Waals surface area (Å²) in [6.07, 6.45) is 4.48. The van der Waals surface area contributed by atoms with Crippen LogP contribution in [0.4, 0.5) is 0 Å². The highest BCUT2D eigenvalue weighted by atomic mass is 16.5. The number of carbonyl (C=O) groups is 2. The Bertz CT molecular complexity index is 366. The summed E-state index contributed by atoms with van der Waals surface area (Å²) in [5.41, 5.74) is 5.22. The molecule has 20 heavy (non-hydrogen) atoms. The Kier molecular flexibility index (Phi) is 4.99. The van der Waals surface area contributed by atoms with Crippen LogP contribution in [0.25, 0.3) is 0 Å². The van der Waals surface area contributed by atoms with Crippen molar-refractivity contribution >= 4 is 11.9 Å². The first kappa shape index (κ1) is 15.3. The lowest BCUT2D eigenvalue weighted by atomic mass is 9.78. The van der Waals surface area contributed by atoms with Crippen LogP contribution in [0.1, 0.15) is 38.5 Å². The van der Waals surface area contributed by atoms with E-state index in [1.165, 1.54) is 0 Å². The maximum absolute atomic E-state index is 12.5. The SMILES string of the molecule is NCC1(C(=O)NC2CCCCC2C(=O)O)CCOCC1. The highest BCUT2D eigenvalue weighted by Gasteiger charge is 2.41. The third kappa shape index (κ3) is 3.12. The molecule has 1 aliphatic carbocycles. The van der Waals surface area contributed by atoms with Gasteiger partial charge < -0.3 is 20.9 Å². The number of rotatable bonds is 4. The number of amides is 1. The van der Waals surface area contributed by atoms with E-state index in [-0.39, 0.29) is 18.5 Å². The van der Waals surface area contributed by atoms with Crippen molar-refractivity contribution in [3.8, 4) is 0 Å². The van der Waals surface area contributed by atoms with Crippen LogP contribution >= 0.6 is 0 Å². The van der Waals surface area contributed by atoms with Crippen molar-refractivity contribution in [1.82, 2.24) is 5.32 Å². The molecule has 0 bridgehead atoms. The lowest BCUT2D eigenvalue weighted by Gasteiger charge is -2.37. The molecule has 1 saturated heterocycles. The van der Waals surface area contributed by atoms with Crippen LogP contribution in [-0.4, -0.2) is 42.8 Å². The van der Waals surface area contributed by atoms with Gasteiger partial charge in [-0.3, -0.25) is 9.59 Å². The lowest BCUT2D eigenvalue weighted by molar-refractivity contribution is -0.145. The minimum atomic E-state index is -0.816. The van der Waals surface area contributed by atoms with Gasteiger partial charge in [0.2, 0.25) is 5.91 Å². The van der Waals surface area contributed by atoms with Crippen molar-refractivity contribution in [2.45, 2.75) is 44.6 Å². The highest BCUT2D eigenvalue weighted by Crippen LogP contribution is 2.31. The largest absolute Gasteiger partial charge is 0.481 e. The van der Waals surface area contributed by atoms with Crippen LogP contribution in [0.15, 0.2) is 0 Å². The smallest absolute Gasteiger partial charge is 0.308 e. The van der Waals surface area contributed by atoms with Gasteiger partial charge in [-0.1, -0.05) is 12.8 Å². The van der Waals surface area contributed by atoms with Gasteiger partial charge in [-0.05, 0) is 25.7 Å². The Hall–Kier alpha value is -1.14. The average Bonchev–Trinajstić information content (AvgIpc) is 2.48. The Morgan fingerprint density at radius 2 is 1.90 bits per heavy atom. The molecule has 1 heterocycles. The zero-order valence-electron chi connectivity index (χ0n) is 11.8. The van der Waals surface area contributed by atoms with E-state index >= 15 is 0 Å². The Morgan fingerprint density at radius 1 is 1.25 bits per heavy atom. The monoisotopic (exact) mass is 284 g/mol. The molecular weight excluding hydrogens is 260 g/mol. The molecule has 6 nitrogen and oxygen atoms in total. The summed E-state index contributed by atoms with van der Waals surface area (Å²) in [5, 5.41) is 12.2. The van der Waals surface area contributed by atoms with Crippen molar-refractivity contribution in [3.05, 3.63) is 0 Å². The van der Waals surface area contributed by atoms with Gasteiger partial charge in [-0.15, -0.1) is 0 Å². The van der Waals surface area contributed by atoms with Crippen molar-refractivity contribution in [2.24, 2.45) is 17.1 Å². The Morgan fingerprint density at radius 3 is 2.50 bits per heavy atom. The minimum Gasteiger partial charge on any atom is -0.481 e. The maximum Gasteiger partial charge on any atom is 0.308 e. The molecule has 0 aromatic carbocycles. The molecular formula is C14H24N2O4. The quantitative estimate of drug-likeness (QED) is 0.698. The number of hydrogen-bond acceptors (Lipinski definition) is 4. The van der Waals surface area contributed by atoms with Gasteiger partial charge in [0.15, 0.2) is 0 Å². The van der Waals surface area contributed by atoms with Crippen molar-refractivity contribution < 1.29 is 19.4 Å². The van der Waals surface area contributed by atoms with Gasteiger partial charge in [0, 0.05) is 25.8 Å². The van der Waals surface area contributed by atoms with Crippen LogP contribution in [0.5, 0.6) is 0 Å². The second kappa shape index (κ2) is 6.54. The number of hydrogen-bond donors (Lipinski definition) is 3. The first-order chi connectivity index (χ1) is 9.59. The van der Waals surface area contributed by atoms with E-state index in [0.717, 1.165) is 19.3 Å². The minimum absolute atomic E-state index is 0.0959. The molecule has 2 fully saturated rings. The number of nitrogens with one attached hydrogen (secondary N) is 1. The van der Waals surface area contributed by atoms with E-state index in [1.807, 2.05) is 0 Å². The topological polar surface area (TPSA) is 102 Å². The molecule has 0 aromatic heterocycles. The fraction of sp³-hybridized carbons (Fsp3) is 0.857. The van der Waals surface area contributed by atoms with Gasteiger partial charge in [-0.2, -0.15) is 0 Å². The van der Waals surface area contributed by atoms with Crippen LogP contribution in [-0.2, 0) is 14.3 Å². The zero-order valence-corrected chi connectivity index (χ0v) is 11.8. The van der Waals surface area contributed by atoms with Crippen LogP contribution in [0.3, 0.4) is 0 Å². The lowest BCUT2D eigenvalue weighted by Crippen LogP contribution is -2.54. The fourth-order valence-electron chi connectivity index (χ4n) is 3.21. The summed E-state index contributed by atoms with van der Waals surface area (Å²) in [5.74, 6) is -1.38. The summed E-state index contributed by atoms with van der Waals surface area (Å²) in [7, 11) is 0. The standard InChI is InChI=1S/C14H24N2O4/c15-9-14(5-7-20-8-6-14)13(19)16-11-4-2-1-3-10(11)12(17)18/h10-11H,1-9,15H2,(H,16,19)(H,17,18). The van der Waals surface area contributed by atoms with Crippen LogP contribution in [0, 0.1) is 11.3 Å². The molecule has 1 amide bonds. The number of ether oxygens (including phenoxy) is 1. The van der Waals surface area contributed by atoms with Gasteiger partial charge in [0.1, 0.15) is 0 Å². The first-order valence-corrected chi connectivity index (χ1v) is 7.41. The number of nitrogens with two attached hydrogens (primary N) is 1. The molecule has 1 saturated carbocycles. The molecule has 4 N–H and O–H groups in total. The number of carbonyl (C=O) groups excluding carboxylic acids is 1. The molecule has 0 aromatic rings. The average molecular weight is 284 g/mol. The molecule has 2 rings (SSSR count). The van der Waals surface area contributed by atoms with E-state index < -0.39 is 17.3 Å². The number of carboxylic acid groups (broad SMARTS) is 1. The van der Waals surface area contributed by atoms with E-state index in [9.17, 15) is 14.7 Å². The van der Waals surface area contributed by atoms with Crippen molar-refractivity contribution in [2.75, 3.05) is 19.8 Å². The summed E-state index contributed by atoms with van der Waals surface area (Å²) < 4.78 is 5.30. The van der Waals surface area contributed by atoms with Gasteiger partial charge in [0.05, 0.1) is 11.3 Å². The van der Waals surface area contributed by atoms with Crippen LogP contribution in [0.2, 0.25) is 0 Å². The molecule has 2 aliphatic rings. The summed E-state index contributed by atoms with van der Waals surface area (Å²) >= 11 is 0. The van der Waals surface area contributed by atoms with Gasteiger partial charge in [0.25, 0.3) is 0 Å². The normalized spacial score (nSPS) is 29.6. The first-order valence-electron chi connectivity index (χ1n) is 7.41. The summed E-state index contributed by atoms with van der Waals surface area (Å²) in [6, 6.07) is -0.264. The highest BCUT2D eigenvalue weighted by molar-refractivity contribution is 5.84. The molecule has 1 aliphatic heterocycles. The molecule has 2 atom stereocenters. The van der Waals surface area contributed by atoms with E-state index in [4.69, 9.17) is 10.5 Å². The second-order valence-electron chi connectivity index (χ2n) is 5.91. The molecule has 0 spiro atoms. The number of carboxylic acids is 1. The van der Waals surface area contributed by atoms with Crippen molar-refractivity contribution in [3.63, 3.8) is 0 Å². The fourth-order valence-corrected chi connectivity index (χ4v) is 3.21. The van der Waals surface area contributed by atoms with E-state index in [2.05, 4.69) is 5.32 Å². The van der Waals surface area contributed by atoms with Crippen molar-refractivity contribution in [1.29, 1.82) is 0 Å². The van der Waals surface area contributed by atoms with E-state index in [1.54, 1.807) is 0 Å². The molecule has 114 valence electrons. The Labute approximate surface area is 119 Å². The summed E-state index contributed by atoms with van der Waals surface area (Å²) in [6.45, 7) is 1.36. The molecule has 0 radical (unpaired) electrons. The van der Waals surface area contributed by atoms with Crippen LogP contribution < -0.4 is 11.1 Å². The summed E-state index contributed by atoms with van der Waals surface area (Å²) in [4.78, 5) is 23.8. The number of aliphatic carboxylic acids is 1. The predicted octanol–water partition coefficient (Wildman–Crippen LogP) is 0.501. The second-order valence-corrected chi connectivity index (χ2v) is 5.91. The zero-order chi connectivity index (χ0) is 14.6. The molecule has 2 unspecified atom stereocenters. The van der Waals surface area contributed by atoms with Gasteiger partial charge in [-0.25, -0.2) is 0 Å². The maximum atomic E-state index is 12.5. The van der Waals surface area contributed by atoms with Gasteiger partial charge >= 0.3 is 5.97 Å².